The van der Waals surface area contributed by atoms with Crippen molar-refractivity contribution in [1.29, 1.82) is 0 Å². The molecular formula is C14H17Cl2NO3S. The summed E-state index contributed by atoms with van der Waals surface area (Å²) in [5, 5.41) is 3.05. The monoisotopic (exact) mass is 349 g/mol. The molecule has 0 spiro atoms. The third-order valence-corrected chi connectivity index (χ3v) is 5.26. The molecule has 1 aliphatic carbocycles. The van der Waals surface area contributed by atoms with Crippen LogP contribution in [-0.2, 0) is 9.05 Å². The molecule has 116 valence electrons. The van der Waals surface area contributed by atoms with E-state index in [2.05, 4.69) is 5.32 Å². The smallest absolute Gasteiger partial charge is 0.261 e. The number of rotatable bonds is 5. The van der Waals surface area contributed by atoms with E-state index in [0.29, 0.717) is 11.5 Å². The Morgan fingerprint density at radius 3 is 2.57 bits per heavy atom. The first-order valence-corrected chi connectivity index (χ1v) is 9.43. The second-order valence-electron chi connectivity index (χ2n) is 5.57. The highest BCUT2D eigenvalue weighted by atomic mass is 35.7. The Morgan fingerprint density at radius 1 is 1.43 bits per heavy atom. The zero-order valence-corrected chi connectivity index (χ0v) is 14.1. The molecule has 1 atom stereocenters. The Hall–Kier alpha value is -0.780. The summed E-state index contributed by atoms with van der Waals surface area (Å²) in [5.74, 6) is 0.365. The first-order valence-electron chi connectivity index (χ1n) is 6.74. The molecule has 1 saturated carbocycles. The Bertz CT molecular complexity index is 669. The maximum absolute atomic E-state index is 12.3. The van der Waals surface area contributed by atoms with Gasteiger partial charge in [-0.25, -0.2) is 8.42 Å². The zero-order valence-electron chi connectivity index (χ0n) is 11.8. The Morgan fingerprint density at radius 2 is 2.05 bits per heavy atom. The number of carbonyl (C=O) groups is 1. The molecule has 1 fully saturated rings. The van der Waals surface area contributed by atoms with Crippen molar-refractivity contribution in [2.45, 2.75) is 44.0 Å². The number of benzene rings is 1. The second-order valence-corrected chi connectivity index (χ2v) is 8.54. The lowest BCUT2D eigenvalue weighted by Crippen LogP contribution is -2.33. The van der Waals surface area contributed by atoms with Crippen LogP contribution in [0.5, 0.6) is 0 Å². The quantitative estimate of drug-likeness (QED) is 0.827. The van der Waals surface area contributed by atoms with Gasteiger partial charge in [-0.2, -0.15) is 0 Å². The number of halogens is 2. The van der Waals surface area contributed by atoms with Gasteiger partial charge in [0.05, 0.1) is 4.90 Å². The molecule has 1 aromatic carbocycles. The van der Waals surface area contributed by atoms with Crippen LogP contribution in [0.25, 0.3) is 0 Å². The van der Waals surface area contributed by atoms with E-state index in [0.717, 1.165) is 6.42 Å². The van der Waals surface area contributed by atoms with E-state index in [1.165, 1.54) is 25.0 Å². The van der Waals surface area contributed by atoms with E-state index in [1.54, 1.807) is 6.92 Å². The predicted molar refractivity (Wildman–Crippen MR) is 83.5 cm³/mol. The first kappa shape index (κ1) is 16.6. The van der Waals surface area contributed by atoms with Crippen molar-refractivity contribution in [3.8, 4) is 0 Å². The van der Waals surface area contributed by atoms with Crippen molar-refractivity contribution in [1.82, 2.24) is 5.32 Å². The molecule has 1 N–H and O–H groups in total. The van der Waals surface area contributed by atoms with E-state index in [4.69, 9.17) is 22.3 Å². The molecule has 0 aliphatic heterocycles. The normalized spacial score (nSPS) is 16.6. The molecule has 1 unspecified atom stereocenters. The highest BCUT2D eigenvalue weighted by Crippen LogP contribution is 2.33. The third-order valence-electron chi connectivity index (χ3n) is 3.59. The van der Waals surface area contributed by atoms with Crippen LogP contribution in [0.2, 0.25) is 5.02 Å². The van der Waals surface area contributed by atoms with E-state index >= 15 is 0 Å². The summed E-state index contributed by atoms with van der Waals surface area (Å²) >= 11 is 5.90. The summed E-state index contributed by atoms with van der Waals surface area (Å²) in [6.45, 7) is 3.49. The molecule has 2 rings (SSSR count). The van der Waals surface area contributed by atoms with Crippen LogP contribution < -0.4 is 5.32 Å². The van der Waals surface area contributed by atoms with Gasteiger partial charge in [0, 0.05) is 27.3 Å². The summed E-state index contributed by atoms with van der Waals surface area (Å²) in [7, 11) is 1.44. The molecule has 0 heterocycles. The molecule has 4 nitrogen and oxygen atoms in total. The van der Waals surface area contributed by atoms with Gasteiger partial charge in [-0.3, -0.25) is 4.79 Å². The molecule has 0 aromatic heterocycles. The largest absolute Gasteiger partial charge is 0.350 e. The van der Waals surface area contributed by atoms with Crippen LogP contribution in [0, 0.1) is 12.8 Å². The fraction of sp³-hybridized carbons (Fsp3) is 0.500. The summed E-state index contributed by atoms with van der Waals surface area (Å²) < 4.78 is 23.1. The van der Waals surface area contributed by atoms with Crippen molar-refractivity contribution < 1.29 is 13.2 Å². The second kappa shape index (κ2) is 6.15. The molecular weight excluding hydrogens is 333 g/mol. The van der Waals surface area contributed by atoms with E-state index in [1.807, 2.05) is 6.92 Å². The molecule has 7 heteroatoms. The lowest BCUT2D eigenvalue weighted by molar-refractivity contribution is 0.0936. The van der Waals surface area contributed by atoms with Crippen LogP contribution in [0.3, 0.4) is 0 Å². The highest BCUT2D eigenvalue weighted by Gasteiger charge is 2.25. The SMILES string of the molecule is Cc1c(C(=O)NC(C)CC2CC2)cc(Cl)cc1S(=O)(=O)Cl. The van der Waals surface area contributed by atoms with Gasteiger partial charge in [0.2, 0.25) is 0 Å². The van der Waals surface area contributed by atoms with Gasteiger partial charge in [0.25, 0.3) is 15.0 Å². The number of hydrogen-bond donors (Lipinski definition) is 1. The van der Waals surface area contributed by atoms with Crippen molar-refractivity contribution in [3.63, 3.8) is 0 Å². The molecule has 0 radical (unpaired) electrons. The van der Waals surface area contributed by atoms with Gasteiger partial charge in [0.15, 0.2) is 0 Å². The minimum absolute atomic E-state index is 0.0411. The fourth-order valence-electron chi connectivity index (χ4n) is 2.36. The van der Waals surface area contributed by atoms with Crippen molar-refractivity contribution in [2.75, 3.05) is 0 Å². The van der Waals surface area contributed by atoms with Gasteiger partial charge in [0.1, 0.15) is 0 Å². The Kier molecular flexibility index (Phi) is 4.85. The van der Waals surface area contributed by atoms with E-state index in [-0.39, 0.29) is 27.4 Å². The molecule has 1 amide bonds. The first-order chi connectivity index (χ1) is 9.68. The van der Waals surface area contributed by atoms with E-state index < -0.39 is 9.05 Å². The van der Waals surface area contributed by atoms with Gasteiger partial charge < -0.3 is 5.32 Å². The van der Waals surface area contributed by atoms with Gasteiger partial charge in [-0.15, -0.1) is 0 Å². The standard InChI is InChI=1S/C14H17Cl2NO3S/c1-8(5-10-3-4-10)17-14(18)12-6-11(15)7-13(9(12)2)21(16,19)20/h6-8,10H,3-5H2,1-2H3,(H,17,18). The van der Waals surface area contributed by atoms with Crippen LogP contribution in [-0.4, -0.2) is 20.4 Å². The van der Waals surface area contributed by atoms with Crippen LogP contribution in [0.15, 0.2) is 17.0 Å². The molecule has 0 bridgehead atoms. The predicted octanol–water partition coefficient (Wildman–Crippen LogP) is 3.49. The Labute approximate surface area is 134 Å². The van der Waals surface area contributed by atoms with Crippen molar-refractivity contribution in [3.05, 3.63) is 28.3 Å². The average Bonchev–Trinajstić information content (AvgIpc) is 3.13. The molecule has 1 aromatic rings. The summed E-state index contributed by atoms with van der Waals surface area (Å²) in [6, 6.07) is 2.75. The van der Waals surface area contributed by atoms with Crippen LogP contribution in [0.4, 0.5) is 0 Å². The van der Waals surface area contributed by atoms with Gasteiger partial charge >= 0.3 is 0 Å². The molecule has 0 saturated heterocycles. The van der Waals surface area contributed by atoms with E-state index in [9.17, 15) is 13.2 Å². The van der Waals surface area contributed by atoms with Crippen molar-refractivity contribution in [2.24, 2.45) is 5.92 Å². The summed E-state index contributed by atoms with van der Waals surface area (Å²) in [5.41, 5.74) is 0.551. The van der Waals surface area contributed by atoms with Crippen molar-refractivity contribution >= 4 is 37.2 Å². The van der Waals surface area contributed by atoms with Gasteiger partial charge in [-0.1, -0.05) is 24.4 Å². The lowest BCUT2D eigenvalue weighted by atomic mass is 10.1. The topological polar surface area (TPSA) is 63.2 Å². The number of hydrogen-bond acceptors (Lipinski definition) is 3. The van der Waals surface area contributed by atoms with Crippen LogP contribution in [0.1, 0.15) is 42.1 Å². The summed E-state index contributed by atoms with van der Waals surface area (Å²) in [6.07, 6.45) is 3.36. The maximum Gasteiger partial charge on any atom is 0.261 e. The highest BCUT2D eigenvalue weighted by molar-refractivity contribution is 8.13. The third kappa shape index (κ3) is 4.34. The molecule has 1 aliphatic rings. The molecule has 21 heavy (non-hydrogen) atoms. The number of carbonyl (C=O) groups excluding carboxylic acids is 1. The fourth-order valence-corrected chi connectivity index (χ4v) is 3.86. The zero-order chi connectivity index (χ0) is 15.8. The van der Waals surface area contributed by atoms with Gasteiger partial charge in [-0.05, 0) is 43.9 Å². The maximum atomic E-state index is 12.3. The minimum Gasteiger partial charge on any atom is -0.350 e. The lowest BCUT2D eigenvalue weighted by Gasteiger charge is -2.15. The number of nitrogens with one attached hydrogen (secondary N) is 1. The minimum atomic E-state index is -3.94. The average molecular weight is 350 g/mol. The Balaban J connectivity index is 2.25. The van der Waals surface area contributed by atoms with Crippen LogP contribution >= 0.6 is 22.3 Å². The summed E-state index contributed by atoms with van der Waals surface area (Å²) in [4.78, 5) is 12.2. The number of amides is 1.